The van der Waals surface area contributed by atoms with Crippen LogP contribution in [0.4, 0.5) is 25.1 Å². The summed E-state index contributed by atoms with van der Waals surface area (Å²) in [5.74, 6) is 0.656. The summed E-state index contributed by atoms with van der Waals surface area (Å²) in [5.41, 5.74) is 4.65. The molecule has 2 aromatic heterocycles. The van der Waals surface area contributed by atoms with Crippen LogP contribution >= 0.6 is 0 Å². The maximum Gasteiger partial charge on any atom is 0.317 e. The van der Waals surface area contributed by atoms with Crippen LogP contribution in [0, 0.1) is 0 Å². The Balaban J connectivity index is 0.00000259. The zero-order valence-corrected chi connectivity index (χ0v) is 19.8. The Bertz CT molecular complexity index is 1180. The van der Waals surface area contributed by atoms with Crippen LogP contribution in [0.2, 0.25) is 0 Å². The van der Waals surface area contributed by atoms with Gasteiger partial charge in [-0.25, -0.2) is 13.6 Å². The summed E-state index contributed by atoms with van der Waals surface area (Å²) in [6.07, 6.45) is 3.03. The molecule has 0 spiro atoms. The minimum absolute atomic E-state index is 0. The second-order valence-corrected chi connectivity index (χ2v) is 8.20. The van der Waals surface area contributed by atoms with E-state index in [2.05, 4.69) is 20.6 Å². The van der Waals surface area contributed by atoms with E-state index in [1.807, 2.05) is 11.0 Å². The van der Waals surface area contributed by atoms with Crippen LogP contribution in [0.3, 0.4) is 0 Å². The third-order valence-corrected chi connectivity index (χ3v) is 6.23. The molecule has 0 unspecified atom stereocenters. The number of benzene rings is 1. The SMILES string of the molecule is CNC(=O)N1CCc2[n-]nc(N3CCCc4cc(-c5cnn(C)c5)c(C(F)F)cc43)c2C1.[V]. The number of aromatic nitrogens is 4. The maximum atomic E-state index is 14.1. The van der Waals surface area contributed by atoms with E-state index in [0.717, 1.165) is 35.3 Å². The number of hydrogen-bond acceptors (Lipinski definition) is 4. The Hall–Kier alpha value is -2.85. The Labute approximate surface area is 202 Å². The molecule has 173 valence electrons. The van der Waals surface area contributed by atoms with Crippen molar-refractivity contribution >= 4 is 17.5 Å². The number of alkyl halides is 2. The molecule has 2 amide bonds. The number of hydrogen-bond donors (Lipinski definition) is 1. The van der Waals surface area contributed by atoms with Crippen molar-refractivity contribution in [2.24, 2.45) is 7.05 Å². The summed E-state index contributed by atoms with van der Waals surface area (Å²) >= 11 is 0. The molecule has 0 saturated carbocycles. The molecule has 11 heteroatoms. The maximum absolute atomic E-state index is 14.1. The van der Waals surface area contributed by atoms with Crippen molar-refractivity contribution in [2.45, 2.75) is 32.2 Å². The fourth-order valence-corrected chi connectivity index (χ4v) is 4.64. The standard InChI is InChI=1S/C22H25F2N7O.V/c1-25-22(32)30-7-5-18-17(12-30)21(28-27-18)31-6-3-4-13-8-15(14-10-26-29(2)11-14)16(20(23)24)9-19(13)31;/h8-11,20H,3-7,12H2,1-2H3,(H2,25,27,28,32);/p-1. The third-order valence-electron chi connectivity index (χ3n) is 6.23. The molecule has 1 radical (unpaired) electrons. The largest absolute Gasteiger partial charge is 0.577 e. The molecule has 0 bridgehead atoms. The first kappa shape index (κ1) is 23.3. The fourth-order valence-electron chi connectivity index (χ4n) is 4.64. The van der Waals surface area contributed by atoms with Gasteiger partial charge in [0.25, 0.3) is 6.43 Å². The van der Waals surface area contributed by atoms with E-state index in [0.29, 0.717) is 43.0 Å². The number of fused-ring (bicyclic) bond motifs is 2. The second kappa shape index (κ2) is 9.19. The number of carbonyl (C=O) groups is 1. The zero-order chi connectivity index (χ0) is 22.4. The van der Waals surface area contributed by atoms with Crippen molar-refractivity contribution in [1.82, 2.24) is 30.2 Å². The first-order valence-electron chi connectivity index (χ1n) is 10.7. The van der Waals surface area contributed by atoms with Crippen molar-refractivity contribution in [3.8, 4) is 11.1 Å². The van der Waals surface area contributed by atoms with Gasteiger partial charge in [-0.05, 0) is 48.1 Å². The van der Waals surface area contributed by atoms with Crippen molar-refractivity contribution in [1.29, 1.82) is 0 Å². The average Bonchev–Trinajstić information content (AvgIpc) is 3.42. The summed E-state index contributed by atoms with van der Waals surface area (Å²) < 4.78 is 29.8. The molecule has 0 atom stereocenters. The van der Waals surface area contributed by atoms with Gasteiger partial charge in [0.05, 0.1) is 6.20 Å². The van der Waals surface area contributed by atoms with E-state index in [1.165, 1.54) is 0 Å². The van der Waals surface area contributed by atoms with Crippen LogP contribution < -0.4 is 15.3 Å². The minimum Gasteiger partial charge on any atom is -0.577 e. The van der Waals surface area contributed by atoms with Crippen molar-refractivity contribution in [3.63, 3.8) is 0 Å². The second-order valence-electron chi connectivity index (χ2n) is 8.20. The first-order valence-corrected chi connectivity index (χ1v) is 10.7. The number of nitrogens with one attached hydrogen (secondary N) is 1. The van der Waals surface area contributed by atoms with Crippen LogP contribution in [0.25, 0.3) is 11.1 Å². The zero-order valence-electron chi connectivity index (χ0n) is 18.4. The topological polar surface area (TPSA) is 80.4 Å². The summed E-state index contributed by atoms with van der Waals surface area (Å²) in [7, 11) is 3.37. The van der Waals surface area contributed by atoms with Gasteiger partial charge in [-0.3, -0.25) is 4.68 Å². The van der Waals surface area contributed by atoms with Gasteiger partial charge < -0.3 is 25.3 Å². The van der Waals surface area contributed by atoms with Crippen LogP contribution in [-0.4, -0.2) is 45.9 Å². The minimum atomic E-state index is -2.62. The number of aryl methyl sites for hydroxylation is 2. The quantitative estimate of drug-likeness (QED) is 0.609. The molecule has 0 saturated heterocycles. The number of nitrogens with zero attached hydrogens (tertiary/aromatic N) is 6. The molecule has 1 N–H and O–H groups in total. The van der Waals surface area contributed by atoms with Crippen LogP contribution in [0.15, 0.2) is 24.5 Å². The van der Waals surface area contributed by atoms with Crippen molar-refractivity contribution in [3.05, 3.63) is 46.9 Å². The van der Waals surface area contributed by atoms with Gasteiger partial charge in [0.2, 0.25) is 0 Å². The summed E-state index contributed by atoms with van der Waals surface area (Å²) in [5, 5.41) is 15.6. The third kappa shape index (κ3) is 4.13. The van der Waals surface area contributed by atoms with E-state index in [1.54, 1.807) is 42.1 Å². The molecular weight excluding hydrogens is 467 g/mol. The van der Waals surface area contributed by atoms with Gasteiger partial charge in [-0.2, -0.15) is 5.10 Å². The predicted molar refractivity (Wildman–Crippen MR) is 115 cm³/mol. The molecule has 5 rings (SSSR count). The van der Waals surface area contributed by atoms with E-state index >= 15 is 0 Å². The van der Waals surface area contributed by atoms with Crippen LogP contribution in [-0.2, 0) is 45.0 Å². The normalized spacial score (nSPS) is 15.2. The van der Waals surface area contributed by atoms with Gasteiger partial charge >= 0.3 is 6.03 Å². The number of amides is 2. The predicted octanol–water partition coefficient (Wildman–Crippen LogP) is 3.16. The number of carbonyl (C=O) groups excluding carboxylic acids is 1. The van der Waals surface area contributed by atoms with Crippen LogP contribution in [0.5, 0.6) is 0 Å². The van der Waals surface area contributed by atoms with Crippen molar-refractivity contribution < 1.29 is 32.1 Å². The molecule has 33 heavy (non-hydrogen) atoms. The summed E-state index contributed by atoms with van der Waals surface area (Å²) in [6, 6.07) is 3.30. The molecule has 3 aromatic rings. The Kier molecular flexibility index (Phi) is 6.49. The molecule has 8 nitrogen and oxygen atoms in total. The Morgan fingerprint density at radius 1 is 1.24 bits per heavy atom. The number of rotatable bonds is 3. The number of urea groups is 1. The monoisotopic (exact) mass is 491 g/mol. The molecule has 4 heterocycles. The van der Waals surface area contributed by atoms with E-state index in [4.69, 9.17) is 0 Å². The fraction of sp³-hybridized carbons (Fsp3) is 0.409. The number of halogens is 2. The van der Waals surface area contributed by atoms with E-state index in [-0.39, 0.29) is 30.2 Å². The number of anilines is 2. The molecule has 2 aliphatic heterocycles. The van der Waals surface area contributed by atoms with E-state index < -0.39 is 6.43 Å². The smallest absolute Gasteiger partial charge is 0.317 e. The Morgan fingerprint density at radius 2 is 2.06 bits per heavy atom. The average molecular weight is 491 g/mol. The molecule has 2 aliphatic rings. The van der Waals surface area contributed by atoms with Gasteiger partial charge in [-0.1, -0.05) is 0 Å². The molecule has 1 aromatic carbocycles. The van der Waals surface area contributed by atoms with E-state index in [9.17, 15) is 13.6 Å². The molecular formula is C22H24F2N7OV-. The molecule has 0 fully saturated rings. The van der Waals surface area contributed by atoms with Crippen molar-refractivity contribution in [2.75, 3.05) is 25.0 Å². The van der Waals surface area contributed by atoms with Gasteiger partial charge in [0.15, 0.2) is 0 Å². The van der Waals surface area contributed by atoms with Gasteiger partial charge in [0, 0.05) is 75.3 Å². The first-order chi connectivity index (χ1) is 15.5. The van der Waals surface area contributed by atoms with Crippen LogP contribution in [0.1, 0.15) is 35.2 Å². The van der Waals surface area contributed by atoms with Gasteiger partial charge in [0.1, 0.15) is 5.82 Å². The Morgan fingerprint density at radius 3 is 2.76 bits per heavy atom. The van der Waals surface area contributed by atoms with Gasteiger partial charge in [-0.15, -0.1) is 5.69 Å². The summed E-state index contributed by atoms with van der Waals surface area (Å²) in [6.45, 7) is 1.64. The summed E-state index contributed by atoms with van der Waals surface area (Å²) in [4.78, 5) is 15.8. The molecule has 0 aliphatic carbocycles.